The van der Waals surface area contributed by atoms with Crippen LogP contribution in [0, 0.1) is 17.8 Å². The standard InChI is InChI=1S/C21H19ClF3NO2S/c1-27-17-7-4-15(5-8-17)13-26-19-9-6-16(22)12-18(19)20(28-29,21(23,24)25)11-10-14-2-3-14/h4-9,12,14,26,29H,2-3,13H2,1H3/t20-/m0/s1. The number of nitrogens with one attached hydrogen (secondary N) is 1. The predicted molar refractivity (Wildman–Crippen MR) is 110 cm³/mol. The molecule has 1 fully saturated rings. The van der Waals surface area contributed by atoms with Crippen molar-refractivity contribution in [1.29, 1.82) is 0 Å². The fourth-order valence-corrected chi connectivity index (χ4v) is 3.17. The zero-order valence-electron chi connectivity index (χ0n) is 15.5. The number of alkyl halides is 3. The van der Waals surface area contributed by atoms with Gasteiger partial charge in [0.1, 0.15) is 5.75 Å². The fourth-order valence-electron chi connectivity index (χ4n) is 2.75. The summed E-state index contributed by atoms with van der Waals surface area (Å²) in [5, 5.41) is 3.17. The van der Waals surface area contributed by atoms with Crippen molar-refractivity contribution in [3.8, 4) is 17.6 Å². The number of benzene rings is 2. The third-order valence-corrected chi connectivity index (χ3v) is 5.08. The molecule has 3 nitrogen and oxygen atoms in total. The lowest BCUT2D eigenvalue weighted by molar-refractivity contribution is -0.225. The first-order valence-corrected chi connectivity index (χ1v) is 9.62. The van der Waals surface area contributed by atoms with E-state index in [4.69, 9.17) is 20.5 Å². The monoisotopic (exact) mass is 441 g/mol. The Hall–Kier alpha value is -2.01. The summed E-state index contributed by atoms with van der Waals surface area (Å²) in [5.41, 5.74) is -2.05. The molecule has 0 heterocycles. The van der Waals surface area contributed by atoms with Gasteiger partial charge in [0, 0.05) is 28.7 Å². The summed E-state index contributed by atoms with van der Waals surface area (Å²) in [6, 6.07) is 11.4. The molecule has 0 unspecified atom stereocenters. The number of ether oxygens (including phenoxy) is 1. The quantitative estimate of drug-likeness (QED) is 0.328. The molecule has 0 aliphatic heterocycles. The number of thiol groups is 1. The first-order chi connectivity index (χ1) is 13.8. The average molecular weight is 442 g/mol. The third kappa shape index (κ3) is 4.95. The molecule has 1 atom stereocenters. The molecule has 29 heavy (non-hydrogen) atoms. The Kier molecular flexibility index (Phi) is 6.57. The van der Waals surface area contributed by atoms with Crippen LogP contribution in [0.4, 0.5) is 18.9 Å². The maximum atomic E-state index is 14.1. The predicted octanol–water partition coefficient (Wildman–Crippen LogP) is 5.99. The molecule has 1 N–H and O–H groups in total. The van der Waals surface area contributed by atoms with Gasteiger partial charge < -0.3 is 10.1 Å². The van der Waals surface area contributed by atoms with Crippen molar-refractivity contribution >= 4 is 30.2 Å². The largest absolute Gasteiger partial charge is 0.497 e. The van der Waals surface area contributed by atoms with Gasteiger partial charge in [0.15, 0.2) is 0 Å². The molecular formula is C21H19ClF3NO2S. The summed E-state index contributed by atoms with van der Waals surface area (Å²) >= 11 is 9.58. The van der Waals surface area contributed by atoms with E-state index in [1.165, 1.54) is 18.2 Å². The molecule has 2 aromatic rings. The van der Waals surface area contributed by atoms with Crippen molar-refractivity contribution in [2.75, 3.05) is 12.4 Å². The van der Waals surface area contributed by atoms with Gasteiger partial charge in [0.2, 0.25) is 0 Å². The number of hydrogen-bond acceptors (Lipinski definition) is 4. The van der Waals surface area contributed by atoms with E-state index in [1.807, 2.05) is 12.1 Å². The van der Waals surface area contributed by atoms with Gasteiger partial charge in [0.25, 0.3) is 5.60 Å². The van der Waals surface area contributed by atoms with Crippen molar-refractivity contribution in [3.63, 3.8) is 0 Å². The van der Waals surface area contributed by atoms with Crippen molar-refractivity contribution in [1.82, 2.24) is 0 Å². The maximum Gasteiger partial charge on any atom is 0.434 e. The topological polar surface area (TPSA) is 30.5 Å². The number of anilines is 1. The number of hydrogen-bond donors (Lipinski definition) is 2. The molecule has 0 spiro atoms. The first kappa shape index (κ1) is 21.7. The smallest absolute Gasteiger partial charge is 0.434 e. The molecule has 1 saturated carbocycles. The molecule has 8 heteroatoms. The third-order valence-electron chi connectivity index (χ3n) is 4.57. The van der Waals surface area contributed by atoms with E-state index < -0.39 is 11.8 Å². The summed E-state index contributed by atoms with van der Waals surface area (Å²) in [5.74, 6) is 5.60. The highest BCUT2D eigenvalue weighted by molar-refractivity contribution is 7.75. The molecule has 3 rings (SSSR count). The molecular weight excluding hydrogens is 423 g/mol. The molecule has 1 aliphatic rings. The Bertz CT molecular complexity index is 920. The second-order valence-electron chi connectivity index (χ2n) is 6.71. The van der Waals surface area contributed by atoms with Gasteiger partial charge in [-0.1, -0.05) is 35.6 Å². The Morgan fingerprint density at radius 1 is 1.17 bits per heavy atom. The van der Waals surface area contributed by atoms with Crippen molar-refractivity contribution in [3.05, 3.63) is 58.6 Å². The van der Waals surface area contributed by atoms with Crippen molar-refractivity contribution in [2.45, 2.75) is 31.2 Å². The molecule has 0 amide bonds. The zero-order chi connectivity index (χ0) is 21.1. The Morgan fingerprint density at radius 3 is 2.41 bits per heavy atom. The van der Waals surface area contributed by atoms with Crippen LogP contribution in [0.5, 0.6) is 5.75 Å². The molecule has 1 aliphatic carbocycles. The zero-order valence-corrected chi connectivity index (χ0v) is 17.2. The van der Waals surface area contributed by atoms with E-state index in [0.717, 1.165) is 18.4 Å². The lowest BCUT2D eigenvalue weighted by Gasteiger charge is -2.31. The SMILES string of the molecule is COc1ccc(CNc2ccc(Cl)cc2[C@](C#CC2CC2)(OS)C(F)(F)F)cc1. The summed E-state index contributed by atoms with van der Waals surface area (Å²) in [4.78, 5) is 0. The van der Waals surface area contributed by atoms with Gasteiger partial charge in [-0.15, -0.1) is 0 Å². The number of rotatable bonds is 6. The summed E-state index contributed by atoms with van der Waals surface area (Å²) in [6.45, 7) is 0.287. The van der Waals surface area contributed by atoms with Crippen LogP contribution in [-0.4, -0.2) is 13.3 Å². The molecule has 2 aromatic carbocycles. The van der Waals surface area contributed by atoms with E-state index in [-0.39, 0.29) is 28.7 Å². The van der Waals surface area contributed by atoms with Gasteiger partial charge in [-0.25, -0.2) is 0 Å². The van der Waals surface area contributed by atoms with Crippen LogP contribution in [0.2, 0.25) is 5.02 Å². The molecule has 0 radical (unpaired) electrons. The highest BCUT2D eigenvalue weighted by Crippen LogP contribution is 2.46. The van der Waals surface area contributed by atoms with Gasteiger partial charge in [-0.3, -0.25) is 4.18 Å². The van der Waals surface area contributed by atoms with E-state index in [1.54, 1.807) is 19.2 Å². The van der Waals surface area contributed by atoms with Crippen molar-refractivity contribution in [2.24, 2.45) is 5.92 Å². The highest BCUT2D eigenvalue weighted by atomic mass is 35.5. The van der Waals surface area contributed by atoms with E-state index in [0.29, 0.717) is 5.75 Å². The second kappa shape index (κ2) is 8.78. The first-order valence-electron chi connectivity index (χ1n) is 8.88. The van der Waals surface area contributed by atoms with Crippen LogP contribution in [-0.2, 0) is 16.3 Å². The van der Waals surface area contributed by atoms with Crippen LogP contribution in [0.3, 0.4) is 0 Å². The van der Waals surface area contributed by atoms with Gasteiger partial charge in [-0.05, 0) is 61.6 Å². The van der Waals surface area contributed by atoms with Crippen LogP contribution >= 0.6 is 24.5 Å². The average Bonchev–Trinajstić information content (AvgIpc) is 3.52. The molecule has 154 valence electrons. The normalized spacial score (nSPS) is 15.8. The van der Waals surface area contributed by atoms with E-state index in [9.17, 15) is 13.2 Å². The van der Waals surface area contributed by atoms with Crippen LogP contribution in [0.1, 0.15) is 24.0 Å². The van der Waals surface area contributed by atoms with Gasteiger partial charge >= 0.3 is 6.18 Å². The second-order valence-corrected chi connectivity index (χ2v) is 7.32. The minimum atomic E-state index is -4.82. The lowest BCUT2D eigenvalue weighted by Crippen LogP contribution is -2.42. The summed E-state index contributed by atoms with van der Waals surface area (Å²) in [6.07, 6.45) is -3.25. The Balaban J connectivity index is 1.97. The van der Waals surface area contributed by atoms with Gasteiger partial charge in [-0.2, -0.15) is 13.2 Å². The Morgan fingerprint density at radius 2 is 1.86 bits per heavy atom. The van der Waals surface area contributed by atoms with Crippen LogP contribution < -0.4 is 10.1 Å². The van der Waals surface area contributed by atoms with Gasteiger partial charge in [0.05, 0.1) is 7.11 Å². The summed E-state index contributed by atoms with van der Waals surface area (Å²) in [7, 11) is 1.56. The Labute approximate surface area is 178 Å². The summed E-state index contributed by atoms with van der Waals surface area (Å²) < 4.78 is 52.2. The fraction of sp³-hybridized carbons (Fsp3) is 0.333. The van der Waals surface area contributed by atoms with Crippen LogP contribution in [0.15, 0.2) is 42.5 Å². The van der Waals surface area contributed by atoms with Crippen LogP contribution in [0.25, 0.3) is 0 Å². The highest BCUT2D eigenvalue weighted by Gasteiger charge is 2.58. The van der Waals surface area contributed by atoms with E-state index in [2.05, 4.69) is 30.1 Å². The minimum Gasteiger partial charge on any atom is -0.497 e. The molecule has 0 bridgehead atoms. The lowest BCUT2D eigenvalue weighted by atomic mass is 9.91. The minimum absolute atomic E-state index is 0.0462. The van der Waals surface area contributed by atoms with Crippen molar-refractivity contribution < 1.29 is 22.1 Å². The van der Waals surface area contributed by atoms with E-state index >= 15 is 0 Å². The number of halogens is 4. The molecule has 0 saturated heterocycles. The maximum absolute atomic E-state index is 14.1. The molecule has 0 aromatic heterocycles. The number of methoxy groups -OCH3 is 1.